The number of piperazine rings is 1. The molecule has 7 nitrogen and oxygen atoms in total. The van der Waals surface area contributed by atoms with Gasteiger partial charge in [-0.05, 0) is 24.6 Å². The Morgan fingerprint density at radius 1 is 1.30 bits per heavy atom. The van der Waals surface area contributed by atoms with Crippen LogP contribution in [-0.4, -0.2) is 59.7 Å². The van der Waals surface area contributed by atoms with Crippen molar-refractivity contribution in [3.8, 4) is 11.5 Å². The third-order valence-electron chi connectivity index (χ3n) is 6.15. The zero-order valence-electron chi connectivity index (χ0n) is 16.6. The van der Waals surface area contributed by atoms with Gasteiger partial charge in [0.25, 0.3) is 0 Å². The van der Waals surface area contributed by atoms with Crippen LogP contribution in [0.25, 0.3) is 0 Å². The number of rotatable bonds is 2. The van der Waals surface area contributed by atoms with Gasteiger partial charge in [0, 0.05) is 31.7 Å². The molecule has 0 saturated carbocycles. The Bertz CT molecular complexity index is 1010. The molecule has 0 unspecified atom stereocenters. The largest absolute Gasteiger partial charge is 0.506 e. The molecule has 1 aromatic carbocycles. The first kappa shape index (κ1) is 18.7. The molecule has 1 saturated heterocycles. The molecular formula is C22H23FN4O3. The minimum absolute atomic E-state index is 0.0578. The second-order valence-electron chi connectivity index (χ2n) is 7.82. The number of amides is 1. The number of aromatic hydroxyl groups is 1. The van der Waals surface area contributed by atoms with Crippen LogP contribution < -0.4 is 14.5 Å². The number of fused-ring (bicyclic) bond motifs is 5. The van der Waals surface area contributed by atoms with E-state index in [1.54, 1.807) is 11.1 Å². The van der Waals surface area contributed by atoms with Crippen molar-refractivity contribution in [3.05, 3.63) is 54.1 Å². The standard InChI is InChI=1S/C22H23FN4O3/c1-2-20(29)25-8-9-27-14(11-25)13-30-19-10-24-17-12-26(7-6-15(17)21(19)27)22-16(23)4-3-5-18(22)28/h2-5,10,14,28H,1,6-9,11-13H2/t14-/m1/s1. The fourth-order valence-corrected chi connectivity index (χ4v) is 4.70. The quantitative estimate of drug-likeness (QED) is 0.765. The number of halogens is 1. The highest BCUT2D eigenvalue weighted by Crippen LogP contribution is 2.42. The van der Waals surface area contributed by atoms with Gasteiger partial charge in [-0.3, -0.25) is 9.78 Å². The van der Waals surface area contributed by atoms with Gasteiger partial charge in [0.1, 0.15) is 23.9 Å². The average molecular weight is 410 g/mol. The van der Waals surface area contributed by atoms with Crippen molar-refractivity contribution in [1.29, 1.82) is 0 Å². The van der Waals surface area contributed by atoms with E-state index in [-0.39, 0.29) is 23.4 Å². The Balaban J connectivity index is 1.45. The average Bonchev–Trinajstić information content (AvgIpc) is 2.77. The molecule has 156 valence electrons. The molecule has 1 amide bonds. The first-order valence-corrected chi connectivity index (χ1v) is 10.1. The van der Waals surface area contributed by atoms with Crippen LogP contribution in [0.5, 0.6) is 11.5 Å². The summed E-state index contributed by atoms with van der Waals surface area (Å²) < 4.78 is 20.3. The number of aromatic nitrogens is 1. The van der Waals surface area contributed by atoms with E-state index in [0.29, 0.717) is 39.2 Å². The number of hydrogen-bond acceptors (Lipinski definition) is 6. The summed E-state index contributed by atoms with van der Waals surface area (Å²) in [6.45, 7) is 7.01. The number of anilines is 2. The number of pyridine rings is 1. The van der Waals surface area contributed by atoms with Gasteiger partial charge >= 0.3 is 0 Å². The second kappa shape index (κ2) is 7.19. The molecule has 0 aliphatic carbocycles. The van der Waals surface area contributed by atoms with Gasteiger partial charge in [-0.25, -0.2) is 4.39 Å². The lowest BCUT2D eigenvalue weighted by atomic mass is 9.98. The van der Waals surface area contributed by atoms with Gasteiger partial charge in [-0.2, -0.15) is 0 Å². The van der Waals surface area contributed by atoms with E-state index in [1.165, 1.54) is 24.3 Å². The zero-order chi connectivity index (χ0) is 20.8. The van der Waals surface area contributed by atoms with Crippen LogP contribution >= 0.6 is 0 Å². The highest BCUT2D eigenvalue weighted by molar-refractivity contribution is 5.87. The van der Waals surface area contributed by atoms with Crippen LogP contribution in [0.1, 0.15) is 11.3 Å². The first-order chi connectivity index (χ1) is 14.6. The fourth-order valence-electron chi connectivity index (χ4n) is 4.70. The molecule has 3 aliphatic heterocycles. The maximum absolute atomic E-state index is 14.3. The van der Waals surface area contributed by atoms with Crippen LogP contribution in [0.4, 0.5) is 15.8 Å². The molecular weight excluding hydrogens is 387 g/mol. The Kier molecular flexibility index (Phi) is 4.49. The summed E-state index contributed by atoms with van der Waals surface area (Å²) in [6, 6.07) is 4.43. The van der Waals surface area contributed by atoms with E-state index in [4.69, 9.17) is 4.74 Å². The van der Waals surface area contributed by atoms with Gasteiger partial charge in [-0.1, -0.05) is 12.6 Å². The number of phenols is 1. The summed E-state index contributed by atoms with van der Waals surface area (Å²) >= 11 is 0. The predicted molar refractivity (Wildman–Crippen MR) is 110 cm³/mol. The molecule has 1 atom stereocenters. The highest BCUT2D eigenvalue weighted by Gasteiger charge is 2.37. The molecule has 4 heterocycles. The number of carbonyl (C=O) groups excluding carboxylic acids is 1. The molecule has 1 aromatic heterocycles. The van der Waals surface area contributed by atoms with Crippen LogP contribution in [-0.2, 0) is 17.8 Å². The maximum atomic E-state index is 14.3. The van der Waals surface area contributed by atoms with Crippen molar-refractivity contribution >= 4 is 17.3 Å². The van der Waals surface area contributed by atoms with Crippen molar-refractivity contribution in [1.82, 2.24) is 9.88 Å². The minimum atomic E-state index is -0.442. The molecule has 0 spiro atoms. The third kappa shape index (κ3) is 2.94. The van der Waals surface area contributed by atoms with Crippen molar-refractivity contribution < 1.29 is 19.0 Å². The molecule has 2 aromatic rings. The number of carbonyl (C=O) groups is 1. The molecule has 30 heavy (non-hydrogen) atoms. The smallest absolute Gasteiger partial charge is 0.246 e. The predicted octanol–water partition coefficient (Wildman–Crippen LogP) is 2.08. The monoisotopic (exact) mass is 410 g/mol. The van der Waals surface area contributed by atoms with E-state index >= 15 is 0 Å². The number of ether oxygens (including phenoxy) is 1. The Morgan fingerprint density at radius 2 is 2.17 bits per heavy atom. The summed E-state index contributed by atoms with van der Waals surface area (Å²) in [6.07, 6.45) is 3.75. The normalized spacial score (nSPS) is 20.0. The summed E-state index contributed by atoms with van der Waals surface area (Å²) in [5.41, 5.74) is 3.22. The zero-order valence-corrected chi connectivity index (χ0v) is 16.6. The summed E-state index contributed by atoms with van der Waals surface area (Å²) in [5, 5.41) is 10.2. The number of benzene rings is 1. The van der Waals surface area contributed by atoms with E-state index < -0.39 is 5.82 Å². The summed E-state index contributed by atoms with van der Waals surface area (Å²) in [5.74, 6) is 0.193. The van der Waals surface area contributed by atoms with Crippen molar-refractivity contribution in [2.45, 2.75) is 19.0 Å². The molecule has 0 radical (unpaired) electrons. The van der Waals surface area contributed by atoms with E-state index in [9.17, 15) is 14.3 Å². The maximum Gasteiger partial charge on any atom is 0.246 e. The van der Waals surface area contributed by atoms with Crippen LogP contribution in [0.3, 0.4) is 0 Å². The van der Waals surface area contributed by atoms with Gasteiger partial charge in [0.2, 0.25) is 5.91 Å². The number of para-hydroxylation sites is 1. The topological polar surface area (TPSA) is 69.1 Å². The van der Waals surface area contributed by atoms with Crippen molar-refractivity contribution in [2.24, 2.45) is 0 Å². The lowest BCUT2D eigenvalue weighted by molar-refractivity contribution is -0.127. The number of hydrogen-bond donors (Lipinski definition) is 1. The van der Waals surface area contributed by atoms with Crippen LogP contribution in [0.15, 0.2) is 37.1 Å². The molecule has 1 fully saturated rings. The summed E-state index contributed by atoms with van der Waals surface area (Å²) in [7, 11) is 0. The Morgan fingerprint density at radius 3 is 2.97 bits per heavy atom. The lowest BCUT2D eigenvalue weighted by Gasteiger charge is -2.46. The first-order valence-electron chi connectivity index (χ1n) is 10.1. The fraction of sp³-hybridized carbons (Fsp3) is 0.364. The number of nitrogens with zero attached hydrogens (tertiary/aromatic N) is 4. The number of phenolic OH excluding ortho intramolecular Hbond substituents is 1. The van der Waals surface area contributed by atoms with E-state index in [2.05, 4.69) is 16.5 Å². The van der Waals surface area contributed by atoms with Gasteiger partial charge < -0.3 is 24.5 Å². The third-order valence-corrected chi connectivity index (χ3v) is 6.15. The lowest BCUT2D eigenvalue weighted by Crippen LogP contribution is -2.58. The van der Waals surface area contributed by atoms with Gasteiger partial charge in [0.05, 0.1) is 30.2 Å². The SMILES string of the molecule is C=CC(=O)N1CCN2c3c(cnc4c3CCN(c3c(O)cccc3F)C4)OC[C@H]2C1. The molecule has 0 bridgehead atoms. The van der Waals surface area contributed by atoms with E-state index in [0.717, 1.165) is 29.2 Å². The Labute approximate surface area is 174 Å². The minimum Gasteiger partial charge on any atom is -0.506 e. The Hall–Kier alpha value is -3.29. The second-order valence-corrected chi connectivity index (χ2v) is 7.82. The van der Waals surface area contributed by atoms with Crippen LogP contribution in [0, 0.1) is 5.82 Å². The van der Waals surface area contributed by atoms with Crippen LogP contribution in [0.2, 0.25) is 0 Å². The molecule has 1 N–H and O–H groups in total. The molecule has 3 aliphatic rings. The molecule has 8 heteroatoms. The van der Waals surface area contributed by atoms with Crippen molar-refractivity contribution in [2.75, 3.05) is 42.6 Å². The van der Waals surface area contributed by atoms with E-state index in [1.807, 2.05) is 4.90 Å². The van der Waals surface area contributed by atoms with Gasteiger partial charge in [0.15, 0.2) is 5.75 Å². The van der Waals surface area contributed by atoms with Crippen molar-refractivity contribution in [3.63, 3.8) is 0 Å². The molecule has 5 rings (SSSR count). The summed E-state index contributed by atoms with van der Waals surface area (Å²) in [4.78, 5) is 22.6. The highest BCUT2D eigenvalue weighted by atomic mass is 19.1. The van der Waals surface area contributed by atoms with Gasteiger partial charge in [-0.15, -0.1) is 0 Å².